The van der Waals surface area contributed by atoms with Crippen LogP contribution in [-0.2, 0) is 16.1 Å². The molecule has 2 aromatic rings. The number of fused-ring (bicyclic) bond motifs is 1. The Hall–Kier alpha value is -3.26. The monoisotopic (exact) mass is 426 g/mol. The predicted molar refractivity (Wildman–Crippen MR) is 121 cm³/mol. The standard InChI is InChI=1S/C23H30N4O4/c1-4-27(15-22(28)24-14-17-5-8-19(9-6-17)26(2)3)16-23(29)25-18-7-10-20-21(13-18)31-12-11-30-20/h5-10,13H,4,11-12,14-16H2,1-3H3,(H,24,28)(H,25,29). The minimum atomic E-state index is -0.189. The first-order valence-corrected chi connectivity index (χ1v) is 10.4. The summed E-state index contributed by atoms with van der Waals surface area (Å²) in [6.07, 6.45) is 0. The van der Waals surface area contributed by atoms with Crippen LogP contribution in [0.25, 0.3) is 0 Å². The molecule has 0 unspecified atom stereocenters. The Kier molecular flexibility index (Phi) is 7.72. The number of nitrogens with one attached hydrogen (secondary N) is 2. The number of likely N-dealkylation sites (N-methyl/N-ethyl adjacent to an activating group) is 1. The zero-order valence-corrected chi connectivity index (χ0v) is 18.3. The quantitative estimate of drug-likeness (QED) is 0.639. The summed E-state index contributed by atoms with van der Waals surface area (Å²) in [6.45, 7) is 4.24. The molecule has 8 heteroatoms. The van der Waals surface area contributed by atoms with Crippen LogP contribution in [0, 0.1) is 0 Å². The Morgan fingerprint density at radius 1 is 0.935 bits per heavy atom. The van der Waals surface area contributed by atoms with Gasteiger partial charge in [-0.05, 0) is 36.4 Å². The lowest BCUT2D eigenvalue weighted by molar-refractivity contribution is -0.123. The smallest absolute Gasteiger partial charge is 0.238 e. The highest BCUT2D eigenvalue weighted by Gasteiger charge is 2.16. The summed E-state index contributed by atoms with van der Waals surface area (Å²) in [5, 5.41) is 5.76. The van der Waals surface area contributed by atoms with Crippen molar-refractivity contribution in [3.63, 3.8) is 0 Å². The summed E-state index contributed by atoms with van der Waals surface area (Å²) in [7, 11) is 3.97. The van der Waals surface area contributed by atoms with Crippen molar-refractivity contribution >= 4 is 23.2 Å². The van der Waals surface area contributed by atoms with E-state index in [1.807, 2.05) is 50.2 Å². The fourth-order valence-electron chi connectivity index (χ4n) is 3.18. The van der Waals surface area contributed by atoms with Crippen molar-refractivity contribution in [2.45, 2.75) is 13.5 Å². The van der Waals surface area contributed by atoms with Crippen LogP contribution in [0.2, 0.25) is 0 Å². The number of carbonyl (C=O) groups excluding carboxylic acids is 2. The molecule has 0 aliphatic carbocycles. The van der Waals surface area contributed by atoms with Crippen LogP contribution in [0.1, 0.15) is 12.5 Å². The highest BCUT2D eigenvalue weighted by molar-refractivity contribution is 5.93. The van der Waals surface area contributed by atoms with Crippen molar-refractivity contribution in [1.29, 1.82) is 0 Å². The number of ether oxygens (including phenoxy) is 2. The van der Waals surface area contributed by atoms with Crippen LogP contribution < -0.4 is 25.0 Å². The van der Waals surface area contributed by atoms with Crippen molar-refractivity contribution in [2.24, 2.45) is 0 Å². The van der Waals surface area contributed by atoms with E-state index in [9.17, 15) is 9.59 Å². The van der Waals surface area contributed by atoms with E-state index in [1.54, 1.807) is 23.1 Å². The first-order chi connectivity index (χ1) is 14.9. The molecule has 0 spiro atoms. The topological polar surface area (TPSA) is 83.1 Å². The first-order valence-electron chi connectivity index (χ1n) is 10.4. The number of nitrogens with zero attached hydrogens (tertiary/aromatic N) is 2. The summed E-state index contributed by atoms with van der Waals surface area (Å²) < 4.78 is 11.0. The number of carbonyl (C=O) groups is 2. The lowest BCUT2D eigenvalue weighted by atomic mass is 10.2. The normalized spacial score (nSPS) is 12.4. The first kappa shape index (κ1) is 22.4. The summed E-state index contributed by atoms with van der Waals surface area (Å²) in [6, 6.07) is 13.3. The Labute approximate surface area is 183 Å². The maximum absolute atomic E-state index is 12.4. The lowest BCUT2D eigenvalue weighted by Gasteiger charge is -2.21. The van der Waals surface area contributed by atoms with Crippen LogP contribution >= 0.6 is 0 Å². The number of hydrogen-bond acceptors (Lipinski definition) is 6. The average Bonchev–Trinajstić information content (AvgIpc) is 2.77. The van der Waals surface area contributed by atoms with Gasteiger partial charge in [0.15, 0.2) is 11.5 Å². The number of anilines is 2. The summed E-state index contributed by atoms with van der Waals surface area (Å²) in [5.41, 5.74) is 2.77. The maximum atomic E-state index is 12.4. The molecule has 1 aliphatic heterocycles. The van der Waals surface area contributed by atoms with Crippen molar-refractivity contribution in [3.05, 3.63) is 48.0 Å². The maximum Gasteiger partial charge on any atom is 0.238 e. The van der Waals surface area contributed by atoms with Crippen molar-refractivity contribution < 1.29 is 19.1 Å². The predicted octanol–water partition coefficient (Wildman–Crippen LogP) is 2.10. The molecule has 3 rings (SSSR count). The molecule has 0 atom stereocenters. The van der Waals surface area contributed by atoms with Gasteiger partial charge in [-0.15, -0.1) is 0 Å². The molecular weight excluding hydrogens is 396 g/mol. The Balaban J connectivity index is 1.45. The number of hydrogen-bond donors (Lipinski definition) is 2. The molecule has 2 N–H and O–H groups in total. The highest BCUT2D eigenvalue weighted by Crippen LogP contribution is 2.32. The van der Waals surface area contributed by atoms with Crippen LogP contribution in [-0.4, -0.2) is 63.7 Å². The van der Waals surface area contributed by atoms with Crippen LogP contribution in [0.5, 0.6) is 11.5 Å². The summed E-state index contributed by atoms with van der Waals surface area (Å²) in [5.74, 6) is 0.984. The third kappa shape index (κ3) is 6.62. The SMILES string of the molecule is CCN(CC(=O)NCc1ccc(N(C)C)cc1)CC(=O)Nc1ccc2c(c1)OCCO2. The fraction of sp³-hybridized carbons (Fsp3) is 0.391. The molecule has 2 amide bonds. The molecular formula is C23H30N4O4. The third-order valence-electron chi connectivity index (χ3n) is 4.95. The van der Waals surface area contributed by atoms with Gasteiger partial charge in [-0.25, -0.2) is 0 Å². The van der Waals surface area contributed by atoms with Gasteiger partial charge in [-0.3, -0.25) is 14.5 Å². The molecule has 1 aliphatic rings. The minimum Gasteiger partial charge on any atom is -0.486 e. The molecule has 31 heavy (non-hydrogen) atoms. The number of rotatable bonds is 9. The second-order valence-electron chi connectivity index (χ2n) is 7.55. The van der Waals surface area contributed by atoms with Gasteiger partial charge in [0.05, 0.1) is 13.1 Å². The van der Waals surface area contributed by atoms with Gasteiger partial charge in [-0.1, -0.05) is 19.1 Å². The van der Waals surface area contributed by atoms with Crippen LogP contribution in [0.4, 0.5) is 11.4 Å². The van der Waals surface area contributed by atoms with Gasteiger partial charge in [0.25, 0.3) is 0 Å². The van der Waals surface area contributed by atoms with E-state index < -0.39 is 0 Å². The molecule has 0 bridgehead atoms. The number of benzene rings is 2. The summed E-state index contributed by atoms with van der Waals surface area (Å²) in [4.78, 5) is 28.6. The molecule has 166 valence electrons. The van der Waals surface area contributed by atoms with Gasteiger partial charge >= 0.3 is 0 Å². The molecule has 1 heterocycles. The van der Waals surface area contributed by atoms with Crippen LogP contribution in [0.3, 0.4) is 0 Å². The average molecular weight is 427 g/mol. The van der Waals surface area contributed by atoms with Gasteiger partial charge in [0, 0.05) is 38.1 Å². The van der Waals surface area contributed by atoms with E-state index in [2.05, 4.69) is 10.6 Å². The lowest BCUT2D eigenvalue weighted by Crippen LogP contribution is -2.40. The van der Waals surface area contributed by atoms with Gasteiger partial charge in [0.2, 0.25) is 11.8 Å². The van der Waals surface area contributed by atoms with Crippen molar-refractivity contribution in [1.82, 2.24) is 10.2 Å². The Morgan fingerprint density at radius 3 is 2.29 bits per heavy atom. The third-order valence-corrected chi connectivity index (χ3v) is 4.95. The van der Waals surface area contributed by atoms with E-state index in [0.717, 1.165) is 11.3 Å². The van der Waals surface area contributed by atoms with Crippen LogP contribution in [0.15, 0.2) is 42.5 Å². The van der Waals surface area contributed by atoms with E-state index >= 15 is 0 Å². The van der Waals surface area contributed by atoms with E-state index in [4.69, 9.17) is 9.47 Å². The number of amides is 2. The zero-order chi connectivity index (χ0) is 22.2. The van der Waals surface area contributed by atoms with Gasteiger partial charge in [-0.2, -0.15) is 0 Å². The highest BCUT2D eigenvalue weighted by atomic mass is 16.6. The van der Waals surface area contributed by atoms with Crippen molar-refractivity contribution in [3.8, 4) is 11.5 Å². The molecule has 8 nitrogen and oxygen atoms in total. The van der Waals surface area contributed by atoms with E-state index in [1.165, 1.54) is 0 Å². The minimum absolute atomic E-state index is 0.120. The molecule has 2 aromatic carbocycles. The second-order valence-corrected chi connectivity index (χ2v) is 7.55. The van der Waals surface area contributed by atoms with E-state index in [-0.39, 0.29) is 24.9 Å². The zero-order valence-electron chi connectivity index (χ0n) is 18.3. The van der Waals surface area contributed by atoms with E-state index in [0.29, 0.717) is 43.5 Å². The fourth-order valence-corrected chi connectivity index (χ4v) is 3.18. The van der Waals surface area contributed by atoms with Gasteiger partial charge < -0.3 is 25.0 Å². The summed E-state index contributed by atoms with van der Waals surface area (Å²) >= 11 is 0. The second kappa shape index (κ2) is 10.7. The molecule has 0 radical (unpaired) electrons. The van der Waals surface area contributed by atoms with Crippen molar-refractivity contribution in [2.75, 3.05) is 57.2 Å². The molecule has 0 fully saturated rings. The van der Waals surface area contributed by atoms with Gasteiger partial charge in [0.1, 0.15) is 13.2 Å². The molecule has 0 saturated heterocycles. The molecule has 0 saturated carbocycles. The Morgan fingerprint density at radius 2 is 1.61 bits per heavy atom. The molecule has 0 aromatic heterocycles. The Bertz CT molecular complexity index is 899. The largest absolute Gasteiger partial charge is 0.486 e.